The number of carbonyl (C=O) groups excluding carboxylic acids is 1. The molecular weight excluding hydrogens is 288 g/mol. The van der Waals surface area contributed by atoms with Crippen molar-refractivity contribution in [1.82, 2.24) is 20.4 Å². The van der Waals surface area contributed by atoms with E-state index >= 15 is 0 Å². The Morgan fingerprint density at radius 1 is 1.22 bits per heavy atom. The number of likely N-dealkylation sites (tertiary alicyclic amines) is 1. The van der Waals surface area contributed by atoms with E-state index in [4.69, 9.17) is 0 Å². The Balaban J connectivity index is 1.63. The normalized spacial score (nSPS) is 36.2. The molecule has 4 unspecified atom stereocenters. The lowest BCUT2D eigenvalue weighted by molar-refractivity contribution is -0.119. The summed E-state index contributed by atoms with van der Waals surface area (Å²) in [6.07, 6.45) is 7.95. The van der Waals surface area contributed by atoms with E-state index in [0.29, 0.717) is 30.3 Å². The third-order valence-corrected chi connectivity index (χ3v) is 5.85. The lowest BCUT2D eigenvalue weighted by Crippen LogP contribution is -2.51. The molecule has 4 atom stereocenters. The minimum Gasteiger partial charge on any atom is -0.354 e. The van der Waals surface area contributed by atoms with Gasteiger partial charge in [0.1, 0.15) is 0 Å². The van der Waals surface area contributed by atoms with Crippen molar-refractivity contribution in [3.05, 3.63) is 0 Å². The molecule has 132 valence electrons. The van der Waals surface area contributed by atoms with Crippen LogP contribution in [0.2, 0.25) is 0 Å². The van der Waals surface area contributed by atoms with Crippen LogP contribution in [0, 0.1) is 0 Å². The summed E-state index contributed by atoms with van der Waals surface area (Å²) < 4.78 is 0. The third-order valence-electron chi connectivity index (χ3n) is 5.85. The van der Waals surface area contributed by atoms with Gasteiger partial charge in [0.25, 0.3) is 0 Å². The third kappa shape index (κ3) is 4.06. The summed E-state index contributed by atoms with van der Waals surface area (Å²) in [5.41, 5.74) is 0. The fourth-order valence-corrected chi connectivity index (χ4v) is 4.95. The van der Waals surface area contributed by atoms with Crippen LogP contribution in [0.4, 0.5) is 0 Å². The quantitative estimate of drug-likeness (QED) is 0.824. The van der Waals surface area contributed by atoms with Gasteiger partial charge in [0.15, 0.2) is 0 Å². The van der Waals surface area contributed by atoms with E-state index in [9.17, 15) is 4.79 Å². The second-order valence-electron chi connectivity index (χ2n) is 7.97. The summed E-state index contributed by atoms with van der Waals surface area (Å²) in [4.78, 5) is 16.7. The van der Waals surface area contributed by atoms with Gasteiger partial charge in [0.2, 0.25) is 5.91 Å². The molecule has 2 heterocycles. The van der Waals surface area contributed by atoms with Crippen molar-refractivity contribution in [2.45, 2.75) is 89.6 Å². The maximum atomic E-state index is 11.4. The highest BCUT2D eigenvalue weighted by molar-refractivity contribution is 5.73. The molecule has 3 aliphatic rings. The maximum absolute atomic E-state index is 11.4. The Morgan fingerprint density at radius 3 is 2.61 bits per heavy atom. The molecule has 2 N–H and O–H groups in total. The number of hydrogen-bond acceptors (Lipinski definition) is 4. The highest BCUT2D eigenvalue weighted by atomic mass is 16.1. The van der Waals surface area contributed by atoms with Gasteiger partial charge in [-0.05, 0) is 59.0 Å². The van der Waals surface area contributed by atoms with Crippen molar-refractivity contribution in [3.8, 4) is 0 Å². The van der Waals surface area contributed by atoms with Gasteiger partial charge in [-0.25, -0.2) is 0 Å². The lowest BCUT2D eigenvalue weighted by atomic mass is 9.87. The van der Waals surface area contributed by atoms with Gasteiger partial charge in [0.05, 0.1) is 6.17 Å². The van der Waals surface area contributed by atoms with Gasteiger partial charge in [-0.15, -0.1) is 0 Å². The van der Waals surface area contributed by atoms with E-state index in [0.717, 1.165) is 19.4 Å². The second kappa shape index (κ2) is 7.49. The smallest absolute Gasteiger partial charge is 0.217 e. The fourth-order valence-electron chi connectivity index (χ4n) is 4.95. The van der Waals surface area contributed by atoms with Gasteiger partial charge < -0.3 is 10.2 Å². The zero-order valence-corrected chi connectivity index (χ0v) is 15.1. The summed E-state index contributed by atoms with van der Waals surface area (Å²) in [6, 6.07) is 2.08. The van der Waals surface area contributed by atoms with Crippen molar-refractivity contribution in [3.63, 3.8) is 0 Å². The van der Waals surface area contributed by atoms with Crippen LogP contribution in [0.25, 0.3) is 0 Å². The Bertz CT molecular complexity index is 408. The van der Waals surface area contributed by atoms with E-state index in [1.165, 1.54) is 38.8 Å². The first-order chi connectivity index (χ1) is 11.0. The number of rotatable bonds is 4. The molecule has 0 aromatic rings. The molecule has 0 aromatic carbocycles. The Labute approximate surface area is 141 Å². The van der Waals surface area contributed by atoms with Crippen LogP contribution in [-0.2, 0) is 4.79 Å². The number of carbonyl (C=O) groups is 1. The molecule has 1 saturated carbocycles. The predicted molar refractivity (Wildman–Crippen MR) is 93.2 cm³/mol. The molecule has 0 radical (unpaired) electrons. The van der Waals surface area contributed by atoms with Crippen molar-refractivity contribution in [2.24, 2.45) is 0 Å². The molecule has 2 aliphatic heterocycles. The standard InChI is InChI=1S/C18H34N4O/c1-13(2)22-17-8-7-15(19-14(3)23)11-16(17)20-18(22)12-21-9-5-4-6-10-21/h13,15-18,20H,4-12H2,1-3H3,(H,19,23). The minimum atomic E-state index is 0.108. The number of fused-ring (bicyclic) bond motifs is 1. The topological polar surface area (TPSA) is 47.6 Å². The van der Waals surface area contributed by atoms with Gasteiger partial charge in [-0.2, -0.15) is 0 Å². The van der Waals surface area contributed by atoms with E-state index in [1.807, 2.05) is 0 Å². The van der Waals surface area contributed by atoms with Crippen LogP contribution in [0.1, 0.15) is 59.3 Å². The van der Waals surface area contributed by atoms with Gasteiger partial charge in [-0.1, -0.05) is 6.42 Å². The van der Waals surface area contributed by atoms with Crippen molar-refractivity contribution in [2.75, 3.05) is 19.6 Å². The molecule has 5 heteroatoms. The predicted octanol–water partition coefficient (Wildman–Crippen LogP) is 1.54. The van der Waals surface area contributed by atoms with Crippen LogP contribution < -0.4 is 10.6 Å². The average Bonchev–Trinajstić information content (AvgIpc) is 2.84. The summed E-state index contributed by atoms with van der Waals surface area (Å²) in [6.45, 7) is 9.95. The second-order valence-corrected chi connectivity index (χ2v) is 7.97. The highest BCUT2D eigenvalue weighted by Gasteiger charge is 2.45. The number of hydrogen-bond donors (Lipinski definition) is 2. The fraction of sp³-hybridized carbons (Fsp3) is 0.944. The zero-order chi connectivity index (χ0) is 16.4. The van der Waals surface area contributed by atoms with Crippen LogP contribution in [0.15, 0.2) is 0 Å². The van der Waals surface area contributed by atoms with Gasteiger partial charge >= 0.3 is 0 Å². The molecule has 1 aliphatic carbocycles. The molecule has 1 amide bonds. The van der Waals surface area contributed by atoms with Crippen LogP contribution in [-0.4, -0.2) is 65.7 Å². The first-order valence-electron chi connectivity index (χ1n) is 9.57. The summed E-state index contributed by atoms with van der Waals surface area (Å²) >= 11 is 0. The molecule has 0 aromatic heterocycles. The molecule has 3 rings (SSSR count). The maximum Gasteiger partial charge on any atom is 0.217 e. The Hall–Kier alpha value is -0.650. The van der Waals surface area contributed by atoms with Crippen molar-refractivity contribution >= 4 is 5.91 Å². The van der Waals surface area contributed by atoms with Crippen LogP contribution in [0.5, 0.6) is 0 Å². The first kappa shape index (κ1) is 17.2. The largest absolute Gasteiger partial charge is 0.354 e. The van der Waals surface area contributed by atoms with Crippen LogP contribution in [0.3, 0.4) is 0 Å². The molecule has 3 fully saturated rings. The van der Waals surface area contributed by atoms with E-state index in [2.05, 4.69) is 34.3 Å². The highest BCUT2D eigenvalue weighted by Crippen LogP contribution is 2.32. The van der Waals surface area contributed by atoms with E-state index < -0.39 is 0 Å². The summed E-state index contributed by atoms with van der Waals surface area (Å²) in [7, 11) is 0. The SMILES string of the molecule is CC(=O)NC1CCC2C(C1)NC(CN1CCCCC1)N2C(C)C. The molecule has 2 saturated heterocycles. The monoisotopic (exact) mass is 322 g/mol. The summed E-state index contributed by atoms with van der Waals surface area (Å²) in [5.74, 6) is 0.108. The summed E-state index contributed by atoms with van der Waals surface area (Å²) in [5, 5.41) is 7.03. The van der Waals surface area contributed by atoms with Gasteiger partial charge in [0, 0.05) is 37.6 Å². The minimum absolute atomic E-state index is 0.108. The Kier molecular flexibility index (Phi) is 5.60. The molecule has 0 spiro atoms. The van der Waals surface area contributed by atoms with Crippen molar-refractivity contribution < 1.29 is 4.79 Å². The molecular formula is C18H34N4O. The van der Waals surface area contributed by atoms with Gasteiger partial charge in [-0.3, -0.25) is 15.0 Å². The molecule has 23 heavy (non-hydrogen) atoms. The molecule has 0 bridgehead atoms. The van der Waals surface area contributed by atoms with Crippen LogP contribution >= 0.6 is 0 Å². The molecule has 5 nitrogen and oxygen atoms in total. The first-order valence-corrected chi connectivity index (χ1v) is 9.57. The van der Waals surface area contributed by atoms with Crippen molar-refractivity contribution in [1.29, 1.82) is 0 Å². The zero-order valence-electron chi connectivity index (χ0n) is 15.1. The van der Waals surface area contributed by atoms with E-state index in [1.54, 1.807) is 6.92 Å². The van der Waals surface area contributed by atoms with E-state index in [-0.39, 0.29) is 5.91 Å². The number of piperidine rings is 1. The number of amides is 1. The Morgan fingerprint density at radius 2 is 1.96 bits per heavy atom. The lowest BCUT2D eigenvalue weighted by Gasteiger charge is -2.39. The number of nitrogens with zero attached hydrogens (tertiary/aromatic N) is 2. The average molecular weight is 322 g/mol. The number of nitrogens with one attached hydrogen (secondary N) is 2.